The van der Waals surface area contributed by atoms with Crippen LogP contribution in [-0.2, 0) is 19.1 Å². The zero-order valence-electron chi connectivity index (χ0n) is 16.4. The summed E-state index contributed by atoms with van der Waals surface area (Å²) in [6.07, 6.45) is -6.07. The highest BCUT2D eigenvalue weighted by Gasteiger charge is 2.88. The molecule has 1 spiro atoms. The molecule has 2 bridgehead atoms. The van der Waals surface area contributed by atoms with Gasteiger partial charge in [-0.15, -0.1) is 0 Å². The molecule has 0 aromatic rings. The molecule has 0 unspecified atom stereocenters. The van der Waals surface area contributed by atoms with E-state index in [1.54, 1.807) is 13.8 Å². The van der Waals surface area contributed by atoms with Crippen molar-refractivity contribution in [1.82, 2.24) is 0 Å². The molecule has 0 aromatic carbocycles. The van der Waals surface area contributed by atoms with Gasteiger partial charge in [0.1, 0.15) is 29.5 Å². The maximum absolute atomic E-state index is 12.5. The lowest BCUT2D eigenvalue weighted by molar-refractivity contribution is -0.351. The Morgan fingerprint density at radius 3 is 2.41 bits per heavy atom. The average Bonchev–Trinajstić information content (AvgIpc) is 2.85. The highest BCUT2D eigenvalue weighted by Crippen LogP contribution is 2.73. The lowest BCUT2D eigenvalue weighted by Crippen LogP contribution is -2.86. The molecule has 160 valence electrons. The molecule has 0 aromatic heterocycles. The second kappa shape index (κ2) is 5.27. The van der Waals surface area contributed by atoms with Crippen LogP contribution in [0.5, 0.6) is 0 Å². The third-order valence-corrected chi connectivity index (χ3v) is 8.96. The van der Waals surface area contributed by atoms with Crippen molar-refractivity contribution in [2.75, 3.05) is 6.61 Å². The van der Waals surface area contributed by atoms with Crippen LogP contribution in [0.15, 0.2) is 11.6 Å². The topological polar surface area (TPSA) is 154 Å². The summed E-state index contributed by atoms with van der Waals surface area (Å²) in [7, 11) is 0. The summed E-state index contributed by atoms with van der Waals surface area (Å²) >= 11 is 0. The average molecular weight is 410 g/mol. The predicted octanol–water partition coefficient (Wildman–Crippen LogP) is -1.95. The van der Waals surface area contributed by atoms with Crippen LogP contribution in [0.25, 0.3) is 0 Å². The van der Waals surface area contributed by atoms with Gasteiger partial charge in [-0.25, -0.2) is 4.79 Å². The van der Waals surface area contributed by atoms with E-state index in [4.69, 9.17) is 9.47 Å². The second-order valence-electron chi connectivity index (χ2n) is 9.79. The standard InChI is InChI=1S/C20H26O9/c1-7-4-9(21)13(23)17(2)8(7)5-10-19-6-28-18(3,14(24)11(22)12(17)19)20(19,27)15(25)16(26)29-10/h4,8,10-15,22-25,27H,5-6H2,1-3H3/t8-,10+,11+,12+,13+,14+,15-,17-,18-,19+,20+/m0/s1. The Labute approximate surface area is 166 Å². The lowest BCUT2D eigenvalue weighted by Gasteiger charge is -2.70. The molecule has 11 atom stereocenters. The molecular weight excluding hydrogens is 384 g/mol. The molecule has 9 nitrogen and oxygen atoms in total. The number of hydrogen-bond donors (Lipinski definition) is 5. The number of rotatable bonds is 0. The van der Waals surface area contributed by atoms with Crippen LogP contribution in [0.1, 0.15) is 27.2 Å². The van der Waals surface area contributed by atoms with Crippen molar-refractivity contribution in [3.63, 3.8) is 0 Å². The Kier molecular flexibility index (Phi) is 3.56. The highest BCUT2D eigenvalue weighted by molar-refractivity contribution is 5.96. The smallest absolute Gasteiger partial charge is 0.338 e. The molecule has 0 amide bonds. The van der Waals surface area contributed by atoms with E-state index in [0.717, 1.165) is 0 Å². The van der Waals surface area contributed by atoms with Gasteiger partial charge in [-0.05, 0) is 32.3 Å². The van der Waals surface area contributed by atoms with E-state index in [1.807, 2.05) is 0 Å². The van der Waals surface area contributed by atoms with Gasteiger partial charge in [-0.3, -0.25) is 4.79 Å². The van der Waals surface area contributed by atoms with E-state index in [-0.39, 0.29) is 13.0 Å². The van der Waals surface area contributed by atoms with Gasteiger partial charge in [0.2, 0.25) is 0 Å². The summed E-state index contributed by atoms with van der Waals surface area (Å²) in [5.41, 5.74) is -6.22. The first-order chi connectivity index (χ1) is 13.4. The van der Waals surface area contributed by atoms with Gasteiger partial charge < -0.3 is 35.0 Å². The Morgan fingerprint density at radius 1 is 1.10 bits per heavy atom. The van der Waals surface area contributed by atoms with Crippen molar-refractivity contribution in [2.24, 2.45) is 22.7 Å². The van der Waals surface area contributed by atoms with Gasteiger partial charge in [0.15, 0.2) is 11.9 Å². The van der Waals surface area contributed by atoms with Gasteiger partial charge in [0, 0.05) is 11.3 Å². The number of esters is 1. The van der Waals surface area contributed by atoms with E-state index in [0.29, 0.717) is 5.57 Å². The molecule has 2 heterocycles. The third-order valence-electron chi connectivity index (χ3n) is 8.96. The van der Waals surface area contributed by atoms with Crippen molar-refractivity contribution >= 4 is 11.8 Å². The molecule has 2 saturated heterocycles. The Balaban J connectivity index is 1.83. The third kappa shape index (κ3) is 1.70. The van der Waals surface area contributed by atoms with E-state index in [2.05, 4.69) is 0 Å². The summed E-state index contributed by atoms with van der Waals surface area (Å²) < 4.78 is 11.4. The summed E-state index contributed by atoms with van der Waals surface area (Å²) in [5, 5.41) is 55.8. The summed E-state index contributed by atoms with van der Waals surface area (Å²) in [6, 6.07) is 0. The number of allylic oxidation sites excluding steroid dienone is 1. The Morgan fingerprint density at radius 2 is 1.76 bits per heavy atom. The fourth-order valence-corrected chi connectivity index (χ4v) is 7.56. The molecule has 4 fully saturated rings. The first kappa shape index (κ1) is 19.6. The van der Waals surface area contributed by atoms with Crippen molar-refractivity contribution in [1.29, 1.82) is 0 Å². The maximum atomic E-state index is 12.5. The minimum atomic E-state index is -2.27. The number of fused-ring (bicyclic) bond motifs is 2. The van der Waals surface area contributed by atoms with Crippen LogP contribution < -0.4 is 0 Å². The number of ether oxygens (including phenoxy) is 2. The maximum Gasteiger partial charge on any atom is 0.338 e. The van der Waals surface area contributed by atoms with Crippen LogP contribution >= 0.6 is 0 Å². The molecular formula is C20H26O9. The number of ketones is 1. The minimum absolute atomic E-state index is 0.183. The largest absolute Gasteiger partial charge is 0.460 e. The van der Waals surface area contributed by atoms with Gasteiger partial charge >= 0.3 is 5.97 Å². The fraction of sp³-hybridized carbons (Fsp3) is 0.800. The van der Waals surface area contributed by atoms with E-state index in [1.165, 1.54) is 13.0 Å². The Bertz CT molecular complexity index is 855. The SMILES string of the molecule is CC1=CC(=O)[C@@H](O)[C@]2(C)[C@H]3[C@@H](O)[C@@H](O)[C@]4(C)OC[C@@]35[C@@H](C[C@@H]12)OC(=O)[C@H](O)[C@]54O. The van der Waals surface area contributed by atoms with Crippen molar-refractivity contribution in [3.05, 3.63) is 11.6 Å². The molecule has 3 aliphatic carbocycles. The lowest BCUT2D eigenvalue weighted by atomic mass is 9.36. The van der Waals surface area contributed by atoms with E-state index >= 15 is 0 Å². The van der Waals surface area contributed by atoms with Crippen LogP contribution in [0.4, 0.5) is 0 Å². The van der Waals surface area contributed by atoms with E-state index in [9.17, 15) is 35.1 Å². The molecule has 2 saturated carbocycles. The number of hydrogen-bond acceptors (Lipinski definition) is 9. The number of aliphatic hydroxyl groups excluding tert-OH is 4. The van der Waals surface area contributed by atoms with Crippen LogP contribution in [0.3, 0.4) is 0 Å². The van der Waals surface area contributed by atoms with Gasteiger partial charge in [-0.2, -0.15) is 0 Å². The summed E-state index contributed by atoms with van der Waals surface area (Å²) in [5.74, 6) is -3.08. The second-order valence-corrected chi connectivity index (χ2v) is 9.79. The zero-order chi connectivity index (χ0) is 21.3. The molecule has 5 N–H and O–H groups in total. The quantitative estimate of drug-likeness (QED) is 0.287. The summed E-state index contributed by atoms with van der Waals surface area (Å²) in [4.78, 5) is 25.0. The number of carbonyl (C=O) groups excluding carboxylic acids is 2. The van der Waals surface area contributed by atoms with Crippen LogP contribution in [-0.4, -0.2) is 85.6 Å². The van der Waals surface area contributed by atoms with Gasteiger partial charge in [0.25, 0.3) is 0 Å². The predicted molar refractivity (Wildman–Crippen MR) is 94.1 cm³/mol. The molecule has 5 aliphatic rings. The monoisotopic (exact) mass is 410 g/mol. The molecule has 9 heteroatoms. The first-order valence-electron chi connectivity index (χ1n) is 9.90. The van der Waals surface area contributed by atoms with Crippen molar-refractivity contribution < 1.29 is 44.6 Å². The van der Waals surface area contributed by atoms with Crippen molar-refractivity contribution in [2.45, 2.75) is 68.9 Å². The minimum Gasteiger partial charge on any atom is -0.460 e. The first-order valence-corrected chi connectivity index (χ1v) is 9.90. The Hall–Kier alpha value is -1.36. The molecule has 29 heavy (non-hydrogen) atoms. The highest BCUT2D eigenvalue weighted by atomic mass is 16.6. The van der Waals surface area contributed by atoms with Gasteiger partial charge in [0.05, 0.1) is 18.1 Å². The van der Waals surface area contributed by atoms with Crippen LogP contribution in [0.2, 0.25) is 0 Å². The van der Waals surface area contributed by atoms with Gasteiger partial charge in [-0.1, -0.05) is 12.5 Å². The normalized spacial score (nSPS) is 60.8. The number of aliphatic hydroxyl groups is 5. The molecule has 2 aliphatic heterocycles. The van der Waals surface area contributed by atoms with Crippen LogP contribution in [0, 0.1) is 22.7 Å². The molecule has 5 rings (SSSR count). The molecule has 0 radical (unpaired) electrons. The number of carbonyl (C=O) groups is 2. The van der Waals surface area contributed by atoms with E-state index < -0.39 is 76.1 Å². The zero-order valence-corrected chi connectivity index (χ0v) is 16.4. The summed E-state index contributed by atoms with van der Waals surface area (Å²) in [6.45, 7) is 4.52. The fourth-order valence-electron chi connectivity index (χ4n) is 7.56. The van der Waals surface area contributed by atoms with Crippen molar-refractivity contribution in [3.8, 4) is 0 Å².